The van der Waals surface area contributed by atoms with Gasteiger partial charge >= 0.3 is 6.36 Å². The smallest absolute Gasteiger partial charge is 0.497 e. The van der Waals surface area contributed by atoms with Crippen molar-refractivity contribution in [2.24, 2.45) is 11.5 Å². The van der Waals surface area contributed by atoms with Gasteiger partial charge in [0.05, 0.1) is 7.11 Å². The molecule has 0 unspecified atom stereocenters. The number of alkyl halides is 3. The maximum Gasteiger partial charge on any atom is 0.573 e. The molecule has 224 valence electrons. The molecule has 4 N–H and O–H groups in total. The van der Waals surface area contributed by atoms with Crippen LogP contribution in [0.2, 0.25) is 0 Å². The molecule has 5 rings (SSSR count). The van der Waals surface area contributed by atoms with Crippen molar-refractivity contribution in [2.75, 3.05) is 39.8 Å². The topological polar surface area (TPSA) is 81.9 Å². The number of piperazine rings is 1. The fraction of sp³-hybridized carbons (Fsp3) is 0.375. The second kappa shape index (κ2) is 13.2. The van der Waals surface area contributed by atoms with Gasteiger partial charge in [-0.1, -0.05) is 24.3 Å². The highest BCUT2D eigenvalue weighted by atomic mass is 19.4. The SMILES string of the molecule is COc1ccc(CN2CCN(Cc3ccc4c(c3)c(-c3ccc(OC(F)(F)F)cc3CN)cn4CCCN)CC2)cc1. The van der Waals surface area contributed by atoms with Crippen molar-refractivity contribution in [1.82, 2.24) is 14.4 Å². The van der Waals surface area contributed by atoms with E-state index in [4.69, 9.17) is 16.2 Å². The lowest BCUT2D eigenvalue weighted by molar-refractivity contribution is -0.274. The molecule has 4 aromatic rings. The van der Waals surface area contributed by atoms with Crippen LogP contribution in [0.4, 0.5) is 13.2 Å². The third kappa shape index (κ3) is 7.25. The van der Waals surface area contributed by atoms with Crippen molar-refractivity contribution in [2.45, 2.75) is 39.0 Å². The molecule has 0 spiro atoms. The highest BCUT2D eigenvalue weighted by Gasteiger charge is 2.31. The van der Waals surface area contributed by atoms with Crippen LogP contribution in [0.5, 0.6) is 11.5 Å². The van der Waals surface area contributed by atoms with Gasteiger partial charge in [-0.15, -0.1) is 13.2 Å². The zero-order valence-electron chi connectivity index (χ0n) is 23.9. The van der Waals surface area contributed by atoms with Gasteiger partial charge in [0.1, 0.15) is 11.5 Å². The number of methoxy groups -OCH3 is 1. The predicted molar refractivity (Wildman–Crippen MR) is 159 cm³/mol. The van der Waals surface area contributed by atoms with Crippen LogP contribution in [0.3, 0.4) is 0 Å². The van der Waals surface area contributed by atoms with Gasteiger partial charge in [-0.2, -0.15) is 0 Å². The van der Waals surface area contributed by atoms with Crippen LogP contribution in [0, 0.1) is 0 Å². The van der Waals surface area contributed by atoms with Gasteiger partial charge in [-0.05, 0) is 71.6 Å². The molecular formula is C32H38F3N5O2. The van der Waals surface area contributed by atoms with Crippen LogP contribution in [0.25, 0.3) is 22.0 Å². The fourth-order valence-corrected chi connectivity index (χ4v) is 5.66. The second-order valence-corrected chi connectivity index (χ2v) is 10.7. The van der Waals surface area contributed by atoms with E-state index in [1.807, 2.05) is 12.1 Å². The van der Waals surface area contributed by atoms with E-state index in [1.54, 1.807) is 13.2 Å². The van der Waals surface area contributed by atoms with Crippen molar-refractivity contribution in [1.29, 1.82) is 0 Å². The molecule has 1 saturated heterocycles. The normalized spacial score (nSPS) is 14.9. The summed E-state index contributed by atoms with van der Waals surface area (Å²) >= 11 is 0. The standard InChI is InChI=1S/C32H38F3N5O2/c1-41-26-6-3-23(4-7-26)20-38-13-15-39(16-14-38)21-24-5-10-31-29(17-24)30(22-40(31)12-2-11-36)28-9-8-27(18-25(28)19-37)42-32(33,34)35/h3-10,17-18,22H,2,11-16,19-21,36-37H2,1H3. The summed E-state index contributed by atoms with van der Waals surface area (Å²) < 4.78 is 50.1. The average Bonchev–Trinajstić information content (AvgIpc) is 3.34. The molecule has 1 aliphatic rings. The lowest BCUT2D eigenvalue weighted by Gasteiger charge is -2.34. The molecule has 0 aliphatic carbocycles. The summed E-state index contributed by atoms with van der Waals surface area (Å²) in [6, 6.07) is 19.1. The summed E-state index contributed by atoms with van der Waals surface area (Å²) in [6.45, 7) is 7.04. The third-order valence-corrected chi connectivity index (χ3v) is 7.81. The molecule has 1 aromatic heterocycles. The van der Waals surface area contributed by atoms with Crippen LogP contribution in [-0.4, -0.2) is 60.6 Å². The molecular weight excluding hydrogens is 543 g/mol. The Labute approximate surface area is 244 Å². The van der Waals surface area contributed by atoms with Crippen molar-refractivity contribution >= 4 is 10.9 Å². The number of benzene rings is 3. The number of hydrogen-bond donors (Lipinski definition) is 2. The molecule has 7 nitrogen and oxygen atoms in total. The number of fused-ring (bicyclic) bond motifs is 1. The van der Waals surface area contributed by atoms with Gasteiger partial charge < -0.3 is 25.5 Å². The number of aryl methyl sites for hydroxylation is 1. The van der Waals surface area contributed by atoms with E-state index < -0.39 is 6.36 Å². The zero-order chi connectivity index (χ0) is 29.7. The molecule has 2 heterocycles. The molecule has 1 fully saturated rings. The van der Waals surface area contributed by atoms with Gasteiger partial charge in [0.25, 0.3) is 0 Å². The summed E-state index contributed by atoms with van der Waals surface area (Å²) in [7, 11) is 1.68. The fourth-order valence-electron chi connectivity index (χ4n) is 5.66. The first-order valence-electron chi connectivity index (χ1n) is 14.2. The Morgan fingerprint density at radius 1 is 0.786 bits per heavy atom. The highest BCUT2D eigenvalue weighted by Crippen LogP contribution is 2.36. The Hall–Kier alpha value is -3.57. The number of hydrogen-bond acceptors (Lipinski definition) is 6. The van der Waals surface area contributed by atoms with Crippen LogP contribution in [-0.2, 0) is 26.2 Å². The predicted octanol–water partition coefficient (Wildman–Crippen LogP) is 5.34. The van der Waals surface area contributed by atoms with Crippen molar-refractivity contribution in [3.05, 3.63) is 83.6 Å². The quantitative estimate of drug-likeness (QED) is 0.249. The average molecular weight is 582 g/mol. The third-order valence-electron chi connectivity index (χ3n) is 7.81. The Morgan fingerprint density at radius 2 is 1.43 bits per heavy atom. The molecule has 42 heavy (non-hydrogen) atoms. The first-order chi connectivity index (χ1) is 20.3. The van der Waals surface area contributed by atoms with E-state index in [9.17, 15) is 13.2 Å². The van der Waals surface area contributed by atoms with E-state index in [0.717, 1.165) is 80.0 Å². The minimum absolute atomic E-state index is 0.0837. The van der Waals surface area contributed by atoms with Gasteiger partial charge in [-0.3, -0.25) is 9.80 Å². The Morgan fingerprint density at radius 3 is 2.05 bits per heavy atom. The summed E-state index contributed by atoms with van der Waals surface area (Å²) in [6.07, 6.45) is -1.89. The molecule has 0 amide bonds. The van der Waals surface area contributed by atoms with Crippen molar-refractivity contribution in [3.8, 4) is 22.6 Å². The maximum atomic E-state index is 12.8. The van der Waals surface area contributed by atoms with E-state index in [2.05, 4.69) is 55.6 Å². The molecule has 3 aromatic carbocycles. The first kappa shape index (κ1) is 29.9. The van der Waals surface area contributed by atoms with Crippen LogP contribution >= 0.6 is 0 Å². The highest BCUT2D eigenvalue weighted by molar-refractivity contribution is 5.97. The van der Waals surface area contributed by atoms with E-state index in [-0.39, 0.29) is 12.3 Å². The Kier molecular flexibility index (Phi) is 9.37. The van der Waals surface area contributed by atoms with Crippen molar-refractivity contribution < 1.29 is 22.6 Å². The summed E-state index contributed by atoms with van der Waals surface area (Å²) in [5.41, 5.74) is 17.6. The van der Waals surface area contributed by atoms with E-state index in [0.29, 0.717) is 12.1 Å². The van der Waals surface area contributed by atoms with Crippen molar-refractivity contribution in [3.63, 3.8) is 0 Å². The minimum atomic E-state index is -4.76. The number of rotatable bonds is 11. The molecule has 1 aliphatic heterocycles. The summed E-state index contributed by atoms with van der Waals surface area (Å²) in [5.74, 6) is 0.593. The molecule has 0 atom stereocenters. The summed E-state index contributed by atoms with van der Waals surface area (Å²) in [5, 5.41) is 1.04. The molecule has 0 bridgehead atoms. The number of nitrogens with zero attached hydrogens (tertiary/aromatic N) is 3. The minimum Gasteiger partial charge on any atom is -0.497 e. The Bertz CT molecular complexity index is 1480. The molecule has 0 radical (unpaired) electrons. The zero-order valence-corrected chi connectivity index (χ0v) is 23.9. The molecule has 10 heteroatoms. The van der Waals surface area contributed by atoms with Gasteiger partial charge in [-0.25, -0.2) is 0 Å². The van der Waals surface area contributed by atoms with Crippen LogP contribution in [0.15, 0.2) is 66.9 Å². The summed E-state index contributed by atoms with van der Waals surface area (Å²) in [4.78, 5) is 4.93. The maximum absolute atomic E-state index is 12.8. The lowest BCUT2D eigenvalue weighted by atomic mass is 9.98. The largest absolute Gasteiger partial charge is 0.573 e. The number of aromatic nitrogens is 1. The van der Waals surface area contributed by atoms with Gasteiger partial charge in [0.15, 0.2) is 0 Å². The Balaban J connectivity index is 1.34. The van der Waals surface area contributed by atoms with Gasteiger partial charge in [0, 0.05) is 75.0 Å². The lowest BCUT2D eigenvalue weighted by Crippen LogP contribution is -2.45. The van der Waals surface area contributed by atoms with Crippen LogP contribution < -0.4 is 20.9 Å². The number of halogens is 3. The van der Waals surface area contributed by atoms with E-state index >= 15 is 0 Å². The first-order valence-corrected chi connectivity index (χ1v) is 14.2. The second-order valence-electron chi connectivity index (χ2n) is 10.7. The monoisotopic (exact) mass is 581 g/mol. The van der Waals surface area contributed by atoms with Crippen LogP contribution in [0.1, 0.15) is 23.1 Å². The number of ether oxygens (including phenoxy) is 2. The van der Waals surface area contributed by atoms with Gasteiger partial charge in [0.2, 0.25) is 0 Å². The van der Waals surface area contributed by atoms with E-state index in [1.165, 1.54) is 23.3 Å². The number of nitrogens with two attached hydrogens (primary N) is 2. The molecule has 0 saturated carbocycles.